The van der Waals surface area contributed by atoms with Crippen LogP contribution in [0.1, 0.15) is 17.0 Å². The molecule has 1 aliphatic carbocycles. The number of rotatable bonds is 3. The lowest BCUT2D eigenvalue weighted by Gasteiger charge is -2.14. The van der Waals surface area contributed by atoms with Gasteiger partial charge >= 0.3 is 6.09 Å². The normalized spacial score (nSPS) is 12.8. The first-order valence-electron chi connectivity index (χ1n) is 6.17. The van der Waals surface area contributed by atoms with Gasteiger partial charge in [0.15, 0.2) is 0 Å². The Morgan fingerprint density at radius 1 is 1.00 bits per heavy atom. The Morgan fingerprint density at radius 3 is 2.05 bits per heavy atom. The van der Waals surface area contributed by atoms with Gasteiger partial charge < -0.3 is 5.11 Å². The maximum atomic E-state index is 10.5. The molecule has 1 amide bonds. The number of hydrogen-bond donors (Lipinski definition) is 3. The van der Waals surface area contributed by atoms with Crippen LogP contribution in [-0.4, -0.2) is 17.7 Å². The molecule has 4 heteroatoms. The van der Waals surface area contributed by atoms with E-state index in [-0.39, 0.29) is 5.92 Å². The lowest BCUT2D eigenvalue weighted by molar-refractivity contribution is 0.189. The van der Waals surface area contributed by atoms with Crippen LogP contribution in [0.2, 0.25) is 0 Å². The van der Waals surface area contributed by atoms with Crippen LogP contribution < -0.4 is 10.9 Å². The first-order chi connectivity index (χ1) is 9.27. The van der Waals surface area contributed by atoms with E-state index in [9.17, 15) is 4.79 Å². The third-order valence-electron chi connectivity index (χ3n) is 3.46. The molecule has 3 N–H and O–H groups in total. The van der Waals surface area contributed by atoms with Crippen molar-refractivity contribution in [2.24, 2.45) is 0 Å². The number of hydrogen-bond acceptors (Lipinski definition) is 2. The minimum atomic E-state index is -1.07. The van der Waals surface area contributed by atoms with E-state index in [4.69, 9.17) is 5.11 Å². The van der Waals surface area contributed by atoms with Crippen LogP contribution in [0.25, 0.3) is 11.1 Å². The summed E-state index contributed by atoms with van der Waals surface area (Å²) in [7, 11) is 0. The molecule has 0 bridgehead atoms. The summed E-state index contributed by atoms with van der Waals surface area (Å²) in [6.07, 6.45) is -1.07. The maximum absolute atomic E-state index is 10.5. The molecule has 3 rings (SSSR count). The highest BCUT2D eigenvalue weighted by Crippen LogP contribution is 2.43. The van der Waals surface area contributed by atoms with Crippen molar-refractivity contribution in [3.63, 3.8) is 0 Å². The minimum absolute atomic E-state index is 0.180. The van der Waals surface area contributed by atoms with Crippen LogP contribution in [0, 0.1) is 0 Å². The molecule has 1 aliphatic rings. The predicted octanol–water partition coefficient (Wildman–Crippen LogP) is 2.57. The third kappa shape index (κ3) is 2.06. The van der Waals surface area contributed by atoms with Crippen LogP contribution in [-0.2, 0) is 0 Å². The number of benzene rings is 2. The first kappa shape index (κ1) is 11.7. The monoisotopic (exact) mass is 254 g/mol. The Morgan fingerprint density at radius 2 is 1.53 bits per heavy atom. The van der Waals surface area contributed by atoms with Gasteiger partial charge in [-0.3, -0.25) is 5.43 Å². The van der Waals surface area contributed by atoms with Gasteiger partial charge in [-0.15, -0.1) is 0 Å². The second-order valence-corrected chi connectivity index (χ2v) is 4.54. The van der Waals surface area contributed by atoms with Gasteiger partial charge in [0, 0.05) is 12.5 Å². The molecular weight excluding hydrogens is 240 g/mol. The highest BCUT2D eigenvalue weighted by atomic mass is 16.4. The SMILES string of the molecule is O=C(O)NNCC1c2ccccc2-c2ccccc21. The molecule has 0 aromatic heterocycles. The molecule has 0 radical (unpaired) electrons. The van der Waals surface area contributed by atoms with E-state index in [1.54, 1.807) is 0 Å². The first-order valence-corrected chi connectivity index (χ1v) is 6.17. The van der Waals surface area contributed by atoms with E-state index < -0.39 is 6.09 Å². The van der Waals surface area contributed by atoms with Gasteiger partial charge in [-0.25, -0.2) is 10.2 Å². The Hall–Kier alpha value is -2.33. The van der Waals surface area contributed by atoms with Gasteiger partial charge in [0.25, 0.3) is 0 Å². The van der Waals surface area contributed by atoms with E-state index in [0.717, 1.165) is 0 Å². The van der Waals surface area contributed by atoms with Gasteiger partial charge in [-0.1, -0.05) is 48.5 Å². The van der Waals surface area contributed by atoms with Crippen LogP contribution in [0.4, 0.5) is 4.79 Å². The molecule has 0 fully saturated rings. The van der Waals surface area contributed by atoms with Crippen molar-refractivity contribution in [1.29, 1.82) is 0 Å². The number of nitrogens with one attached hydrogen (secondary N) is 2. The Labute approximate surface area is 111 Å². The van der Waals surface area contributed by atoms with Gasteiger partial charge in [0.2, 0.25) is 0 Å². The van der Waals surface area contributed by atoms with Gasteiger partial charge in [0.05, 0.1) is 0 Å². The summed E-state index contributed by atoms with van der Waals surface area (Å²) in [4.78, 5) is 10.5. The molecule has 2 aromatic rings. The molecular formula is C15H14N2O2. The van der Waals surface area contributed by atoms with Crippen molar-refractivity contribution >= 4 is 6.09 Å². The zero-order valence-corrected chi connectivity index (χ0v) is 10.3. The van der Waals surface area contributed by atoms with Crippen molar-refractivity contribution < 1.29 is 9.90 Å². The predicted molar refractivity (Wildman–Crippen MR) is 72.9 cm³/mol. The molecule has 0 saturated carbocycles. The number of carbonyl (C=O) groups is 1. The molecule has 0 spiro atoms. The zero-order valence-electron chi connectivity index (χ0n) is 10.3. The van der Waals surface area contributed by atoms with Crippen molar-refractivity contribution in [3.05, 3.63) is 59.7 Å². The summed E-state index contributed by atoms with van der Waals surface area (Å²) in [5.41, 5.74) is 9.91. The quantitative estimate of drug-likeness (QED) is 0.738. The minimum Gasteiger partial charge on any atom is -0.464 e. The molecule has 0 heterocycles. The van der Waals surface area contributed by atoms with Gasteiger partial charge in [-0.05, 0) is 22.3 Å². The molecule has 2 aromatic carbocycles. The van der Waals surface area contributed by atoms with Crippen molar-refractivity contribution in [3.8, 4) is 11.1 Å². The number of carboxylic acid groups (broad SMARTS) is 1. The van der Waals surface area contributed by atoms with E-state index in [1.165, 1.54) is 22.3 Å². The van der Waals surface area contributed by atoms with E-state index in [0.29, 0.717) is 6.54 Å². The van der Waals surface area contributed by atoms with Gasteiger partial charge in [-0.2, -0.15) is 0 Å². The molecule has 96 valence electrons. The fourth-order valence-corrected chi connectivity index (χ4v) is 2.71. The summed E-state index contributed by atoms with van der Waals surface area (Å²) in [5, 5.41) is 8.60. The second kappa shape index (κ2) is 4.74. The highest BCUT2D eigenvalue weighted by Gasteiger charge is 2.27. The summed E-state index contributed by atoms with van der Waals surface area (Å²) in [6, 6.07) is 16.5. The molecule has 0 atom stereocenters. The average molecular weight is 254 g/mol. The summed E-state index contributed by atoms with van der Waals surface area (Å²) < 4.78 is 0. The second-order valence-electron chi connectivity index (χ2n) is 4.54. The molecule has 0 aliphatic heterocycles. The third-order valence-corrected chi connectivity index (χ3v) is 3.46. The Bertz CT molecular complexity index is 580. The topological polar surface area (TPSA) is 61.4 Å². The largest absolute Gasteiger partial charge is 0.464 e. The smallest absolute Gasteiger partial charge is 0.419 e. The van der Waals surface area contributed by atoms with Crippen LogP contribution >= 0.6 is 0 Å². The van der Waals surface area contributed by atoms with Crippen molar-refractivity contribution in [1.82, 2.24) is 10.9 Å². The number of fused-ring (bicyclic) bond motifs is 3. The zero-order chi connectivity index (χ0) is 13.2. The highest BCUT2D eigenvalue weighted by molar-refractivity contribution is 5.78. The molecule has 19 heavy (non-hydrogen) atoms. The van der Waals surface area contributed by atoms with E-state index in [1.807, 2.05) is 24.3 Å². The van der Waals surface area contributed by atoms with E-state index >= 15 is 0 Å². The Kier molecular flexibility index (Phi) is 2.93. The Balaban J connectivity index is 1.93. The number of amides is 1. The summed E-state index contributed by atoms with van der Waals surface area (Å²) >= 11 is 0. The molecule has 0 unspecified atom stereocenters. The van der Waals surface area contributed by atoms with Crippen molar-refractivity contribution in [2.45, 2.75) is 5.92 Å². The fourth-order valence-electron chi connectivity index (χ4n) is 2.71. The fraction of sp³-hybridized carbons (Fsp3) is 0.133. The average Bonchev–Trinajstić information content (AvgIpc) is 2.74. The maximum Gasteiger partial charge on any atom is 0.419 e. The molecule has 4 nitrogen and oxygen atoms in total. The van der Waals surface area contributed by atoms with E-state index in [2.05, 4.69) is 35.1 Å². The van der Waals surface area contributed by atoms with Crippen molar-refractivity contribution in [2.75, 3.05) is 6.54 Å². The summed E-state index contributed by atoms with van der Waals surface area (Å²) in [6.45, 7) is 0.542. The lowest BCUT2D eigenvalue weighted by Crippen LogP contribution is -2.38. The molecule has 0 saturated heterocycles. The van der Waals surface area contributed by atoms with Crippen LogP contribution in [0.15, 0.2) is 48.5 Å². The lowest BCUT2D eigenvalue weighted by atomic mass is 9.97. The van der Waals surface area contributed by atoms with Crippen LogP contribution in [0.5, 0.6) is 0 Å². The van der Waals surface area contributed by atoms with Gasteiger partial charge in [0.1, 0.15) is 0 Å². The summed E-state index contributed by atoms with van der Waals surface area (Å²) in [5.74, 6) is 0.180. The standard InChI is InChI=1S/C15H14N2O2/c18-15(19)17-16-9-14-12-7-3-1-5-10(12)11-6-2-4-8-13(11)14/h1-8,14,16-17H,9H2,(H,18,19). The number of hydrazine groups is 1. The van der Waals surface area contributed by atoms with Crippen LogP contribution in [0.3, 0.4) is 0 Å².